The number of aromatic nitrogens is 1. The first kappa shape index (κ1) is 26.3. The number of anilines is 1. The Morgan fingerprint density at radius 3 is 2.63 bits per heavy atom. The molecule has 3 aromatic rings. The van der Waals surface area contributed by atoms with Gasteiger partial charge in [-0.05, 0) is 43.0 Å². The average Bonchev–Trinajstić information content (AvgIpc) is 3.61. The number of likely N-dealkylation sites (N-methyl/N-ethyl adjacent to an activating group) is 1. The number of β-amino-alcohol motifs (C(OH)–C–C–N with tert-alkyl or cyclic N) is 1. The van der Waals surface area contributed by atoms with Gasteiger partial charge in [-0.3, -0.25) is 14.5 Å². The largest absolute Gasteiger partial charge is 0.481 e. The zero-order chi connectivity index (χ0) is 27.4. The van der Waals surface area contributed by atoms with Crippen molar-refractivity contribution in [1.82, 2.24) is 14.8 Å². The number of likely N-dealkylation sites (tertiary alicyclic amines) is 1. The number of sulfonamides is 1. The molecule has 200 valence electrons. The van der Waals surface area contributed by atoms with Crippen LogP contribution in [-0.4, -0.2) is 80.0 Å². The summed E-state index contributed by atoms with van der Waals surface area (Å²) in [6.07, 6.45) is 0.661. The first-order valence-electron chi connectivity index (χ1n) is 11.9. The van der Waals surface area contributed by atoms with E-state index in [4.69, 9.17) is 4.74 Å². The topological polar surface area (TPSA) is 120 Å². The molecule has 2 aromatic heterocycles. The predicted octanol–water partition coefficient (Wildman–Crippen LogP) is 1.96. The number of pyridine rings is 1. The molecule has 2 amide bonds. The van der Waals surface area contributed by atoms with Gasteiger partial charge in [-0.1, -0.05) is 23.8 Å². The lowest BCUT2D eigenvalue weighted by Crippen LogP contribution is -2.59. The molecule has 1 saturated heterocycles. The van der Waals surface area contributed by atoms with Crippen LogP contribution in [0.2, 0.25) is 0 Å². The molecule has 0 bridgehead atoms. The fourth-order valence-corrected chi connectivity index (χ4v) is 7.99. The fraction of sp³-hybridized carbons (Fsp3) is 0.346. The molecular weight excluding hydrogens is 528 g/mol. The van der Waals surface area contributed by atoms with Crippen molar-refractivity contribution in [2.24, 2.45) is 0 Å². The van der Waals surface area contributed by atoms with Gasteiger partial charge < -0.3 is 14.7 Å². The van der Waals surface area contributed by atoms with Gasteiger partial charge in [-0.15, -0.1) is 11.3 Å². The minimum absolute atomic E-state index is 0.00806. The smallest absolute Gasteiger partial charge is 0.280 e. The summed E-state index contributed by atoms with van der Waals surface area (Å²) < 4.78 is 34.3. The van der Waals surface area contributed by atoms with Gasteiger partial charge in [0.25, 0.3) is 15.9 Å². The van der Waals surface area contributed by atoms with Crippen molar-refractivity contribution in [2.45, 2.75) is 35.2 Å². The van der Waals surface area contributed by atoms with Gasteiger partial charge in [-0.25, -0.2) is 4.98 Å². The number of aliphatic hydroxyl groups excluding tert-OH is 1. The molecule has 3 atom stereocenters. The SMILES string of the molecule is COc1ncccc1C1(N2C[C@H](O)C[C@H]2C(=O)N(C)C)C(=O)N(S(=O)(=O)c2cccs2)c2ccc(C)cc21. The second-order valence-electron chi connectivity index (χ2n) is 9.59. The number of nitrogens with zero attached hydrogens (tertiary/aromatic N) is 4. The summed E-state index contributed by atoms with van der Waals surface area (Å²) in [5.74, 6) is -0.991. The molecule has 38 heavy (non-hydrogen) atoms. The normalized spacial score (nSPS) is 23.5. The van der Waals surface area contributed by atoms with Crippen molar-refractivity contribution in [2.75, 3.05) is 32.1 Å². The van der Waals surface area contributed by atoms with E-state index in [1.54, 1.807) is 60.8 Å². The number of carbonyl (C=O) groups is 2. The summed E-state index contributed by atoms with van der Waals surface area (Å²) in [6, 6.07) is 10.5. The zero-order valence-corrected chi connectivity index (χ0v) is 23.0. The molecule has 0 aliphatic carbocycles. The van der Waals surface area contributed by atoms with E-state index in [0.29, 0.717) is 5.56 Å². The van der Waals surface area contributed by atoms with Crippen molar-refractivity contribution < 1.29 is 27.9 Å². The van der Waals surface area contributed by atoms with E-state index in [1.165, 1.54) is 24.3 Å². The highest BCUT2D eigenvalue weighted by Crippen LogP contribution is 2.54. The maximum absolute atomic E-state index is 14.9. The quantitative estimate of drug-likeness (QED) is 0.489. The van der Waals surface area contributed by atoms with E-state index in [1.807, 2.05) is 6.92 Å². The molecule has 12 heteroatoms. The molecule has 10 nitrogen and oxygen atoms in total. The summed E-state index contributed by atoms with van der Waals surface area (Å²) in [6.45, 7) is 1.79. The highest BCUT2D eigenvalue weighted by Gasteiger charge is 2.64. The molecule has 1 N–H and O–H groups in total. The molecular formula is C26H28N4O6S2. The van der Waals surface area contributed by atoms with Gasteiger partial charge >= 0.3 is 0 Å². The molecule has 4 heterocycles. The Bertz CT molecular complexity index is 1510. The van der Waals surface area contributed by atoms with Crippen LogP contribution >= 0.6 is 11.3 Å². The number of methoxy groups -OCH3 is 1. The van der Waals surface area contributed by atoms with Crippen LogP contribution in [0.3, 0.4) is 0 Å². The van der Waals surface area contributed by atoms with E-state index in [-0.39, 0.29) is 40.2 Å². The maximum atomic E-state index is 14.9. The molecule has 1 fully saturated rings. The van der Waals surface area contributed by atoms with Gasteiger partial charge in [0, 0.05) is 38.0 Å². The Morgan fingerprint density at radius 2 is 1.97 bits per heavy atom. The third-order valence-corrected chi connectivity index (χ3v) is 10.1. The van der Waals surface area contributed by atoms with Crippen molar-refractivity contribution in [3.05, 3.63) is 70.7 Å². The number of aryl methyl sites for hydroxylation is 1. The maximum Gasteiger partial charge on any atom is 0.280 e. The molecule has 0 spiro atoms. The van der Waals surface area contributed by atoms with E-state index in [0.717, 1.165) is 21.2 Å². The number of amides is 2. The Balaban J connectivity index is 1.88. The molecule has 1 unspecified atom stereocenters. The van der Waals surface area contributed by atoms with Crippen molar-refractivity contribution in [3.63, 3.8) is 0 Å². The summed E-state index contributed by atoms with van der Waals surface area (Å²) >= 11 is 1.01. The summed E-state index contributed by atoms with van der Waals surface area (Å²) in [5, 5.41) is 12.4. The average molecular weight is 557 g/mol. The van der Waals surface area contributed by atoms with Gasteiger partial charge in [0.05, 0.1) is 24.9 Å². The van der Waals surface area contributed by atoms with Crippen LogP contribution in [0.1, 0.15) is 23.1 Å². The van der Waals surface area contributed by atoms with E-state index < -0.39 is 33.6 Å². The number of hydrogen-bond acceptors (Lipinski definition) is 9. The minimum atomic E-state index is -4.31. The number of hydrogen-bond donors (Lipinski definition) is 1. The van der Waals surface area contributed by atoms with Crippen molar-refractivity contribution in [1.29, 1.82) is 0 Å². The second kappa shape index (κ2) is 9.45. The fourth-order valence-electron chi connectivity index (χ4n) is 5.47. The van der Waals surface area contributed by atoms with Crippen LogP contribution in [0.5, 0.6) is 5.88 Å². The molecule has 1 aromatic carbocycles. The summed E-state index contributed by atoms with van der Waals surface area (Å²) in [5.41, 5.74) is -0.195. The standard InChI is InChI=1S/C26H28N4O6S2/c1-16-9-10-20-19(13-16)26(18-7-5-11-27-23(18)36-4,29-15-17(31)14-21(29)24(32)28(2)3)25(33)30(20)38(34,35)22-8-6-12-37-22/h5-13,17,21,31H,14-15H2,1-4H3/t17-,21+,26?/m1/s1. The van der Waals surface area contributed by atoms with E-state index in [9.17, 15) is 23.1 Å². The van der Waals surface area contributed by atoms with Crippen LogP contribution in [0.15, 0.2) is 58.3 Å². The van der Waals surface area contributed by atoms with Gasteiger partial charge in [-0.2, -0.15) is 12.7 Å². The van der Waals surface area contributed by atoms with Crippen LogP contribution in [0, 0.1) is 6.92 Å². The highest BCUT2D eigenvalue weighted by atomic mass is 32.2. The molecule has 0 radical (unpaired) electrons. The zero-order valence-electron chi connectivity index (χ0n) is 21.4. The Kier molecular flexibility index (Phi) is 6.54. The number of benzene rings is 1. The van der Waals surface area contributed by atoms with Crippen LogP contribution in [0.25, 0.3) is 0 Å². The Hall–Kier alpha value is -3.32. The lowest BCUT2D eigenvalue weighted by Gasteiger charge is -2.41. The Morgan fingerprint density at radius 1 is 1.21 bits per heavy atom. The molecule has 2 aliphatic rings. The molecule has 0 saturated carbocycles. The van der Waals surface area contributed by atoms with Gasteiger partial charge in [0.1, 0.15) is 4.21 Å². The third kappa shape index (κ3) is 3.74. The molecule has 2 aliphatic heterocycles. The highest BCUT2D eigenvalue weighted by molar-refractivity contribution is 7.95. The van der Waals surface area contributed by atoms with Gasteiger partial charge in [0.15, 0.2) is 5.54 Å². The first-order valence-corrected chi connectivity index (χ1v) is 14.3. The Labute approximate surface area is 225 Å². The van der Waals surface area contributed by atoms with Crippen LogP contribution in [-0.2, 0) is 25.2 Å². The predicted molar refractivity (Wildman–Crippen MR) is 142 cm³/mol. The lowest BCUT2D eigenvalue weighted by atomic mass is 9.81. The van der Waals surface area contributed by atoms with Crippen molar-refractivity contribution in [3.8, 4) is 5.88 Å². The van der Waals surface area contributed by atoms with Crippen LogP contribution < -0.4 is 9.04 Å². The monoisotopic (exact) mass is 556 g/mol. The van der Waals surface area contributed by atoms with E-state index >= 15 is 0 Å². The van der Waals surface area contributed by atoms with E-state index in [2.05, 4.69) is 4.98 Å². The number of fused-ring (bicyclic) bond motifs is 1. The van der Waals surface area contributed by atoms with Gasteiger partial charge in [0.2, 0.25) is 11.8 Å². The number of rotatable bonds is 6. The minimum Gasteiger partial charge on any atom is -0.481 e. The number of thiophene rings is 1. The first-order chi connectivity index (χ1) is 18.0. The third-order valence-electron chi connectivity index (χ3n) is 7.03. The number of carbonyl (C=O) groups excluding carboxylic acids is 2. The van der Waals surface area contributed by atoms with Crippen molar-refractivity contribution >= 4 is 38.9 Å². The lowest BCUT2D eigenvalue weighted by molar-refractivity contribution is -0.138. The molecule has 5 rings (SSSR count). The number of ether oxygens (including phenoxy) is 1. The summed E-state index contributed by atoms with van der Waals surface area (Å²) in [4.78, 5) is 35.6. The summed E-state index contributed by atoms with van der Waals surface area (Å²) in [7, 11) is 0.308. The number of aliphatic hydroxyl groups is 1. The van der Waals surface area contributed by atoms with Crippen LogP contribution in [0.4, 0.5) is 5.69 Å². The second-order valence-corrected chi connectivity index (χ2v) is 12.5.